The molecule has 2 aromatic carbocycles. The van der Waals surface area contributed by atoms with Crippen LogP contribution in [0.3, 0.4) is 0 Å². The Morgan fingerprint density at radius 2 is 1.88 bits per heavy atom. The zero-order valence-corrected chi connectivity index (χ0v) is 15.9. The van der Waals surface area contributed by atoms with E-state index in [2.05, 4.69) is 10.2 Å². The van der Waals surface area contributed by atoms with Crippen LogP contribution >= 0.6 is 23.8 Å². The maximum absolute atomic E-state index is 12.6. The summed E-state index contributed by atoms with van der Waals surface area (Å²) in [5.41, 5.74) is 2.01. The first-order valence-electron chi connectivity index (χ1n) is 8.20. The van der Waals surface area contributed by atoms with Crippen LogP contribution in [0.4, 0.5) is 0 Å². The minimum absolute atomic E-state index is 0.0479. The molecule has 0 radical (unpaired) electrons. The van der Waals surface area contributed by atoms with Gasteiger partial charge in [0.15, 0.2) is 4.77 Å². The van der Waals surface area contributed by atoms with Crippen LogP contribution in [0.2, 0.25) is 5.02 Å². The summed E-state index contributed by atoms with van der Waals surface area (Å²) in [6.45, 7) is 1.02. The number of halogens is 1. The maximum atomic E-state index is 12.6. The van der Waals surface area contributed by atoms with E-state index in [1.807, 2.05) is 59.2 Å². The topological polar surface area (TPSA) is 53.9 Å². The second kappa shape index (κ2) is 8.29. The summed E-state index contributed by atoms with van der Waals surface area (Å²) in [7, 11) is 1.76. The molecule has 26 heavy (non-hydrogen) atoms. The summed E-state index contributed by atoms with van der Waals surface area (Å²) in [5, 5.41) is 7.67. The van der Waals surface area contributed by atoms with Crippen molar-refractivity contribution in [2.75, 3.05) is 7.05 Å². The molecule has 5 nitrogen and oxygen atoms in total. The van der Waals surface area contributed by atoms with Gasteiger partial charge in [0.1, 0.15) is 5.82 Å². The van der Waals surface area contributed by atoms with Gasteiger partial charge in [-0.3, -0.25) is 14.5 Å². The molecule has 0 bridgehead atoms. The minimum Gasteiger partial charge on any atom is -0.341 e. The van der Waals surface area contributed by atoms with E-state index < -0.39 is 0 Å². The van der Waals surface area contributed by atoms with Crippen LogP contribution in [-0.2, 0) is 24.3 Å². The summed E-state index contributed by atoms with van der Waals surface area (Å²) in [6.07, 6.45) is 0.168. The van der Waals surface area contributed by atoms with E-state index in [4.69, 9.17) is 23.8 Å². The van der Waals surface area contributed by atoms with Crippen molar-refractivity contribution in [3.8, 4) is 0 Å². The van der Waals surface area contributed by atoms with Gasteiger partial charge < -0.3 is 4.90 Å². The van der Waals surface area contributed by atoms with Crippen LogP contribution < -0.4 is 0 Å². The van der Waals surface area contributed by atoms with E-state index >= 15 is 0 Å². The minimum atomic E-state index is -0.0479. The highest BCUT2D eigenvalue weighted by atomic mass is 35.5. The number of aromatic nitrogens is 3. The Bertz CT molecular complexity index is 951. The molecule has 7 heteroatoms. The van der Waals surface area contributed by atoms with Crippen molar-refractivity contribution in [3.63, 3.8) is 0 Å². The fourth-order valence-corrected chi connectivity index (χ4v) is 3.07. The molecule has 0 saturated carbocycles. The lowest BCUT2D eigenvalue weighted by Gasteiger charge is -2.18. The predicted octanol–water partition coefficient (Wildman–Crippen LogP) is 3.84. The number of rotatable bonds is 6. The number of carbonyl (C=O) groups is 1. The number of nitrogens with zero attached hydrogens (tertiary/aromatic N) is 3. The molecular weight excluding hydrogens is 368 g/mol. The largest absolute Gasteiger partial charge is 0.341 e. The highest BCUT2D eigenvalue weighted by Gasteiger charge is 2.16. The average Bonchev–Trinajstić information content (AvgIpc) is 2.98. The maximum Gasteiger partial charge on any atom is 0.230 e. The molecule has 1 amide bonds. The standard InChI is InChI=1S/C19H19ClN4OS/c1-23(13-15-9-5-6-10-16(15)20)18(25)11-17-21-22-19(26)24(17)12-14-7-3-2-4-8-14/h2-10H,11-13H2,1H3,(H,22,26). The van der Waals surface area contributed by atoms with E-state index in [0.29, 0.717) is 28.7 Å². The molecule has 134 valence electrons. The molecule has 0 unspecified atom stereocenters. The normalized spacial score (nSPS) is 10.7. The molecule has 3 rings (SSSR count). The number of hydrogen-bond donors (Lipinski definition) is 1. The number of aromatic amines is 1. The Morgan fingerprint density at radius 3 is 2.62 bits per heavy atom. The van der Waals surface area contributed by atoms with Gasteiger partial charge in [-0.05, 0) is 29.4 Å². The highest BCUT2D eigenvalue weighted by Crippen LogP contribution is 2.17. The molecule has 0 aliphatic heterocycles. The quantitative estimate of drug-likeness (QED) is 0.655. The lowest BCUT2D eigenvalue weighted by Crippen LogP contribution is -2.29. The van der Waals surface area contributed by atoms with Crippen LogP contribution in [-0.4, -0.2) is 32.6 Å². The number of benzene rings is 2. The van der Waals surface area contributed by atoms with Crippen molar-refractivity contribution in [2.45, 2.75) is 19.5 Å². The molecule has 1 aromatic heterocycles. The molecule has 0 aliphatic rings. The lowest BCUT2D eigenvalue weighted by atomic mass is 10.2. The molecule has 0 saturated heterocycles. The zero-order valence-electron chi connectivity index (χ0n) is 14.4. The van der Waals surface area contributed by atoms with Crippen LogP contribution in [0.5, 0.6) is 0 Å². The molecular formula is C19H19ClN4OS. The molecule has 0 spiro atoms. The summed E-state index contributed by atoms with van der Waals surface area (Å²) < 4.78 is 2.36. The summed E-state index contributed by atoms with van der Waals surface area (Å²) in [4.78, 5) is 14.3. The van der Waals surface area contributed by atoms with Gasteiger partial charge in [0, 0.05) is 18.6 Å². The van der Waals surface area contributed by atoms with Crippen molar-refractivity contribution in [3.05, 3.63) is 81.3 Å². The SMILES string of the molecule is CN(Cc1ccccc1Cl)C(=O)Cc1n[nH]c(=S)n1Cc1ccccc1. The van der Waals surface area contributed by atoms with Gasteiger partial charge in [-0.2, -0.15) is 5.10 Å². The van der Waals surface area contributed by atoms with Gasteiger partial charge in [-0.15, -0.1) is 0 Å². The number of hydrogen-bond acceptors (Lipinski definition) is 3. The van der Waals surface area contributed by atoms with Crippen molar-refractivity contribution in [2.24, 2.45) is 0 Å². The monoisotopic (exact) mass is 386 g/mol. The molecule has 1 heterocycles. The Kier molecular flexibility index (Phi) is 5.85. The fourth-order valence-electron chi connectivity index (χ4n) is 2.65. The van der Waals surface area contributed by atoms with Crippen LogP contribution in [0, 0.1) is 4.77 Å². The number of nitrogens with one attached hydrogen (secondary N) is 1. The van der Waals surface area contributed by atoms with E-state index in [1.54, 1.807) is 11.9 Å². The third kappa shape index (κ3) is 4.39. The Hall–Kier alpha value is -2.44. The van der Waals surface area contributed by atoms with E-state index in [0.717, 1.165) is 11.1 Å². The smallest absolute Gasteiger partial charge is 0.230 e. The van der Waals surface area contributed by atoms with E-state index in [-0.39, 0.29) is 12.3 Å². The van der Waals surface area contributed by atoms with Gasteiger partial charge in [0.05, 0.1) is 13.0 Å². The third-order valence-electron chi connectivity index (χ3n) is 4.12. The van der Waals surface area contributed by atoms with Gasteiger partial charge in [-0.1, -0.05) is 60.1 Å². The average molecular weight is 387 g/mol. The van der Waals surface area contributed by atoms with E-state index in [1.165, 1.54) is 0 Å². The first-order valence-corrected chi connectivity index (χ1v) is 8.98. The van der Waals surface area contributed by atoms with Gasteiger partial charge in [-0.25, -0.2) is 0 Å². The highest BCUT2D eigenvalue weighted by molar-refractivity contribution is 7.71. The second-order valence-electron chi connectivity index (χ2n) is 6.03. The summed E-state index contributed by atoms with van der Waals surface area (Å²) >= 11 is 11.5. The summed E-state index contributed by atoms with van der Waals surface area (Å²) in [6, 6.07) is 17.5. The number of H-pyrrole nitrogens is 1. The number of likely N-dealkylation sites (N-methyl/N-ethyl adjacent to an activating group) is 1. The number of amides is 1. The Morgan fingerprint density at radius 1 is 1.19 bits per heavy atom. The van der Waals surface area contributed by atoms with Crippen molar-refractivity contribution in [1.82, 2.24) is 19.7 Å². The van der Waals surface area contributed by atoms with Crippen molar-refractivity contribution < 1.29 is 4.79 Å². The molecule has 1 N–H and O–H groups in total. The van der Waals surface area contributed by atoms with E-state index in [9.17, 15) is 4.79 Å². The molecule has 0 fully saturated rings. The fraction of sp³-hybridized carbons (Fsp3) is 0.211. The Labute approximate surface area is 162 Å². The molecule has 0 atom stereocenters. The number of carbonyl (C=O) groups excluding carboxylic acids is 1. The first kappa shape index (κ1) is 18.4. The summed E-state index contributed by atoms with van der Waals surface area (Å²) in [5.74, 6) is 0.572. The first-order chi connectivity index (χ1) is 12.5. The molecule has 0 aliphatic carbocycles. The second-order valence-corrected chi connectivity index (χ2v) is 6.83. The van der Waals surface area contributed by atoms with Crippen molar-refractivity contribution >= 4 is 29.7 Å². The Balaban J connectivity index is 1.71. The van der Waals surface area contributed by atoms with Crippen molar-refractivity contribution in [1.29, 1.82) is 0 Å². The van der Waals surface area contributed by atoms with Gasteiger partial charge in [0.25, 0.3) is 0 Å². The van der Waals surface area contributed by atoms with Crippen LogP contribution in [0.1, 0.15) is 17.0 Å². The van der Waals surface area contributed by atoms with Crippen LogP contribution in [0.25, 0.3) is 0 Å². The lowest BCUT2D eigenvalue weighted by molar-refractivity contribution is -0.129. The van der Waals surface area contributed by atoms with Crippen LogP contribution in [0.15, 0.2) is 54.6 Å². The van der Waals surface area contributed by atoms with Gasteiger partial charge in [0.2, 0.25) is 5.91 Å². The third-order valence-corrected chi connectivity index (χ3v) is 4.80. The zero-order chi connectivity index (χ0) is 18.5. The van der Waals surface area contributed by atoms with Gasteiger partial charge >= 0.3 is 0 Å². The molecule has 3 aromatic rings. The predicted molar refractivity (Wildman–Crippen MR) is 105 cm³/mol.